The Morgan fingerprint density at radius 3 is 2.54 bits per heavy atom. The van der Waals surface area contributed by atoms with Crippen molar-refractivity contribution >= 4 is 28.7 Å². The summed E-state index contributed by atoms with van der Waals surface area (Å²) in [6.07, 6.45) is 2.00. The number of methoxy groups -OCH3 is 1. The fourth-order valence-electron chi connectivity index (χ4n) is 3.66. The second kappa shape index (κ2) is 10.6. The fraction of sp³-hybridized carbons (Fsp3) is 0.333. The van der Waals surface area contributed by atoms with Crippen LogP contribution in [-0.2, 0) is 4.79 Å². The molecular formula is C24H27F2N5O4. The van der Waals surface area contributed by atoms with E-state index < -0.39 is 23.8 Å². The second-order valence-corrected chi connectivity index (χ2v) is 8.01. The molecule has 1 N–H and O–H groups in total. The zero-order valence-corrected chi connectivity index (χ0v) is 20.1. The number of amidine groups is 1. The number of carbonyl (C=O) groups excluding carboxylic acids is 1. The van der Waals surface area contributed by atoms with E-state index in [1.807, 2.05) is 13.8 Å². The third-order valence-corrected chi connectivity index (χ3v) is 5.53. The number of pyridine rings is 2. The average Bonchev–Trinajstić information content (AvgIpc) is 2.84. The summed E-state index contributed by atoms with van der Waals surface area (Å²) in [7, 11) is 2.84. The predicted octanol–water partition coefficient (Wildman–Crippen LogP) is 3.02. The van der Waals surface area contributed by atoms with Crippen molar-refractivity contribution in [1.29, 1.82) is 0 Å². The van der Waals surface area contributed by atoms with Crippen molar-refractivity contribution in [3.05, 3.63) is 58.0 Å². The first-order valence-corrected chi connectivity index (χ1v) is 10.9. The number of hydrogen-bond acceptors (Lipinski definition) is 7. The topological polar surface area (TPSA) is 100 Å². The summed E-state index contributed by atoms with van der Waals surface area (Å²) in [5, 5.41) is 15.4. The van der Waals surface area contributed by atoms with Crippen LogP contribution in [0.2, 0.25) is 0 Å². The van der Waals surface area contributed by atoms with E-state index in [1.165, 1.54) is 42.4 Å². The molecule has 11 heteroatoms. The van der Waals surface area contributed by atoms with Crippen molar-refractivity contribution in [2.45, 2.75) is 26.7 Å². The molecule has 0 fully saturated rings. The molecule has 0 bridgehead atoms. The lowest BCUT2D eigenvalue weighted by Gasteiger charge is -2.22. The molecule has 0 spiro atoms. The summed E-state index contributed by atoms with van der Waals surface area (Å²) in [6, 6.07) is 5.01. The second-order valence-electron chi connectivity index (χ2n) is 8.01. The average molecular weight is 488 g/mol. The van der Waals surface area contributed by atoms with Crippen molar-refractivity contribution in [1.82, 2.24) is 14.5 Å². The lowest BCUT2D eigenvalue weighted by atomic mass is 9.97. The molecule has 0 aliphatic rings. The van der Waals surface area contributed by atoms with Crippen LogP contribution in [0.5, 0.6) is 5.88 Å². The Morgan fingerprint density at radius 1 is 1.26 bits per heavy atom. The minimum absolute atomic E-state index is 0.0233. The molecule has 3 aromatic rings. The Bertz CT molecular complexity index is 1340. The van der Waals surface area contributed by atoms with Gasteiger partial charge in [-0.1, -0.05) is 13.8 Å². The Morgan fingerprint density at radius 2 is 1.97 bits per heavy atom. The number of likely N-dealkylation sites (N-methyl/N-ethyl adjacent to an activating group) is 1. The Balaban J connectivity index is 2.26. The van der Waals surface area contributed by atoms with Gasteiger partial charge in [-0.05, 0) is 42.0 Å². The number of benzene rings is 1. The number of carbonyl (C=O) groups is 1. The van der Waals surface area contributed by atoms with Crippen LogP contribution >= 0.6 is 0 Å². The third-order valence-electron chi connectivity index (χ3n) is 5.53. The number of hydrazone groups is 1. The van der Waals surface area contributed by atoms with Gasteiger partial charge >= 0.3 is 0 Å². The van der Waals surface area contributed by atoms with Crippen molar-refractivity contribution in [3.63, 3.8) is 0 Å². The van der Waals surface area contributed by atoms with Crippen LogP contribution in [0.3, 0.4) is 0 Å². The smallest absolute Gasteiger partial charge is 0.264 e. The number of nitrogens with zero attached hydrogens (tertiary/aromatic N) is 5. The molecule has 0 aliphatic carbocycles. The number of ether oxygens (including phenoxy) is 1. The van der Waals surface area contributed by atoms with Gasteiger partial charge in [-0.3, -0.25) is 24.1 Å². The van der Waals surface area contributed by atoms with Crippen LogP contribution in [0, 0.1) is 11.6 Å². The summed E-state index contributed by atoms with van der Waals surface area (Å²) >= 11 is 0. The molecule has 0 atom stereocenters. The first kappa shape index (κ1) is 25.8. The van der Waals surface area contributed by atoms with E-state index in [4.69, 9.17) is 4.74 Å². The lowest BCUT2D eigenvalue weighted by molar-refractivity contribution is -0.114. The number of aromatic nitrogens is 2. The summed E-state index contributed by atoms with van der Waals surface area (Å²) < 4.78 is 35.9. The highest BCUT2D eigenvalue weighted by molar-refractivity contribution is 5.93. The van der Waals surface area contributed by atoms with Gasteiger partial charge in [0.15, 0.2) is 17.5 Å². The molecule has 2 heterocycles. The number of fused-ring (bicyclic) bond motifs is 1. The quantitative estimate of drug-likeness (QED) is 0.227. The minimum atomic E-state index is -0.765. The lowest BCUT2D eigenvalue weighted by Crippen LogP contribution is -2.34. The zero-order valence-electron chi connectivity index (χ0n) is 20.1. The predicted molar refractivity (Wildman–Crippen MR) is 129 cm³/mol. The Labute approximate surface area is 200 Å². The molecule has 0 radical (unpaired) electrons. The Hall–Kier alpha value is -3.86. The molecule has 0 saturated heterocycles. The van der Waals surface area contributed by atoms with E-state index in [1.54, 1.807) is 6.92 Å². The third kappa shape index (κ3) is 4.99. The molecule has 0 aliphatic heterocycles. The summed E-state index contributed by atoms with van der Waals surface area (Å²) in [5.41, 5.74) is 0.0117. The summed E-state index contributed by atoms with van der Waals surface area (Å²) in [6.45, 7) is 5.21. The molecule has 1 amide bonds. The van der Waals surface area contributed by atoms with Crippen molar-refractivity contribution in [2.24, 2.45) is 5.10 Å². The number of aliphatic hydroxyl groups excluding tert-OH is 1. The van der Waals surface area contributed by atoms with Gasteiger partial charge in [0.05, 0.1) is 18.2 Å². The van der Waals surface area contributed by atoms with Crippen LogP contribution in [0.4, 0.5) is 14.5 Å². The highest BCUT2D eigenvalue weighted by atomic mass is 19.1. The van der Waals surface area contributed by atoms with Gasteiger partial charge in [-0.2, -0.15) is 10.1 Å². The molecular weight excluding hydrogens is 460 g/mol. The maximum atomic E-state index is 15.2. The van der Waals surface area contributed by atoms with Gasteiger partial charge in [-0.15, -0.1) is 0 Å². The standard InChI is InChI=1S/C24H27F2N5O4/c1-6-30(13-33)21(12-32)28-29(4)20-10-15-16(9-19(20)26)24(34)31(11-17(15)14(2)3)23-18(25)7-8-22(27-23)35-5/h7-11,13-14,32H,6,12H2,1-5H3/b28-21-. The number of rotatable bonds is 8. The van der Waals surface area contributed by atoms with Gasteiger partial charge in [0, 0.05) is 25.9 Å². The minimum Gasteiger partial charge on any atom is -0.481 e. The number of aliphatic hydroxyl groups is 1. The highest BCUT2D eigenvalue weighted by Gasteiger charge is 2.20. The van der Waals surface area contributed by atoms with Crippen LogP contribution in [0.25, 0.3) is 16.6 Å². The van der Waals surface area contributed by atoms with Gasteiger partial charge in [0.1, 0.15) is 12.4 Å². The van der Waals surface area contributed by atoms with Crippen molar-refractivity contribution in [3.8, 4) is 11.7 Å². The zero-order chi connectivity index (χ0) is 25.9. The largest absolute Gasteiger partial charge is 0.481 e. The van der Waals surface area contributed by atoms with E-state index in [9.17, 15) is 19.1 Å². The van der Waals surface area contributed by atoms with Gasteiger partial charge in [0.2, 0.25) is 12.3 Å². The Kier molecular flexibility index (Phi) is 7.80. The molecule has 0 saturated carbocycles. The number of amides is 1. The van der Waals surface area contributed by atoms with Crippen LogP contribution < -0.4 is 15.3 Å². The maximum absolute atomic E-state index is 15.2. The monoisotopic (exact) mass is 487 g/mol. The maximum Gasteiger partial charge on any atom is 0.264 e. The molecule has 0 unspecified atom stereocenters. The van der Waals surface area contributed by atoms with Crippen molar-refractivity contribution in [2.75, 3.05) is 32.3 Å². The normalized spacial score (nSPS) is 11.7. The molecule has 2 aromatic heterocycles. The van der Waals surface area contributed by atoms with Gasteiger partial charge in [-0.25, -0.2) is 8.78 Å². The molecule has 9 nitrogen and oxygen atoms in total. The first-order valence-electron chi connectivity index (χ1n) is 10.9. The SMILES string of the molecule is CCN(C=O)/C(CO)=N\N(C)c1cc2c(C(C)C)cn(-c3nc(OC)ccc3F)c(=O)c2cc1F. The summed E-state index contributed by atoms with van der Waals surface area (Å²) in [4.78, 5) is 29.8. The molecule has 3 rings (SSSR count). The number of anilines is 1. The van der Waals surface area contributed by atoms with Gasteiger partial charge < -0.3 is 9.84 Å². The molecule has 186 valence electrons. The summed E-state index contributed by atoms with van der Waals surface area (Å²) in [5.74, 6) is -1.73. The fourth-order valence-corrected chi connectivity index (χ4v) is 3.66. The molecule has 1 aromatic carbocycles. The number of halogens is 2. The van der Waals surface area contributed by atoms with Gasteiger partial charge in [0.25, 0.3) is 5.56 Å². The van der Waals surface area contributed by atoms with Crippen LogP contribution in [0.1, 0.15) is 32.3 Å². The first-order chi connectivity index (χ1) is 16.7. The van der Waals surface area contributed by atoms with E-state index in [0.29, 0.717) is 17.4 Å². The molecule has 35 heavy (non-hydrogen) atoms. The van der Waals surface area contributed by atoms with E-state index in [0.717, 1.165) is 16.7 Å². The van der Waals surface area contributed by atoms with Crippen LogP contribution in [0.15, 0.2) is 40.4 Å². The van der Waals surface area contributed by atoms with Crippen molar-refractivity contribution < 1.29 is 23.4 Å². The number of hydrogen-bond donors (Lipinski definition) is 1. The van der Waals surface area contributed by atoms with E-state index in [-0.39, 0.29) is 41.1 Å². The van der Waals surface area contributed by atoms with Crippen LogP contribution in [-0.4, -0.2) is 59.1 Å². The highest BCUT2D eigenvalue weighted by Crippen LogP contribution is 2.30. The van der Waals surface area contributed by atoms with E-state index in [2.05, 4.69) is 10.1 Å². The van der Waals surface area contributed by atoms with E-state index >= 15 is 4.39 Å².